The second-order valence-electron chi connectivity index (χ2n) is 6.66. The average Bonchev–Trinajstić information content (AvgIpc) is 2.78. The third-order valence-electron chi connectivity index (χ3n) is 4.47. The number of anilines is 1. The van der Waals surface area contributed by atoms with Gasteiger partial charge in [-0.15, -0.1) is 0 Å². The monoisotopic (exact) mass is 460 g/mol. The van der Waals surface area contributed by atoms with Gasteiger partial charge in [-0.1, -0.05) is 59.3 Å². The summed E-state index contributed by atoms with van der Waals surface area (Å²) < 4.78 is 6.85. The van der Waals surface area contributed by atoms with E-state index in [4.69, 9.17) is 4.74 Å². The fourth-order valence-corrected chi connectivity index (χ4v) is 3.04. The zero-order valence-electron chi connectivity index (χ0n) is 16.6. The van der Waals surface area contributed by atoms with Gasteiger partial charge in [0.25, 0.3) is 5.91 Å². The van der Waals surface area contributed by atoms with Gasteiger partial charge in [0.15, 0.2) is 0 Å². The summed E-state index contributed by atoms with van der Waals surface area (Å²) >= 11 is 3.41. The lowest BCUT2D eigenvalue weighted by atomic mass is 10.1. The van der Waals surface area contributed by atoms with Gasteiger partial charge in [-0.25, -0.2) is 0 Å². The van der Waals surface area contributed by atoms with Crippen molar-refractivity contribution in [2.45, 2.75) is 20.0 Å². The molecule has 0 unspecified atom stereocenters. The van der Waals surface area contributed by atoms with Crippen LogP contribution in [-0.2, 0) is 17.8 Å². The van der Waals surface area contributed by atoms with Crippen molar-refractivity contribution in [2.75, 3.05) is 5.32 Å². The number of amides is 1. The number of hydrogen-bond donors (Lipinski definition) is 1. The smallest absolute Gasteiger partial charge is 0.266 e. The molecule has 3 aromatic carbocycles. The summed E-state index contributed by atoms with van der Waals surface area (Å²) in [5, 5.41) is 12.2. The van der Waals surface area contributed by atoms with Crippen molar-refractivity contribution in [3.05, 3.63) is 99.5 Å². The summed E-state index contributed by atoms with van der Waals surface area (Å²) in [5.74, 6) is 0.224. The molecule has 1 amide bonds. The van der Waals surface area contributed by atoms with Crippen molar-refractivity contribution >= 4 is 33.6 Å². The van der Waals surface area contributed by atoms with Crippen LogP contribution in [-0.4, -0.2) is 5.91 Å². The number of benzene rings is 3. The number of hydrogen-bond acceptors (Lipinski definition) is 3. The first-order valence-electron chi connectivity index (χ1n) is 9.57. The molecule has 0 radical (unpaired) electrons. The topological polar surface area (TPSA) is 62.1 Å². The molecular formula is C25H21BrN2O2. The van der Waals surface area contributed by atoms with E-state index in [0.29, 0.717) is 18.0 Å². The van der Waals surface area contributed by atoms with Crippen molar-refractivity contribution in [1.29, 1.82) is 5.26 Å². The largest absolute Gasteiger partial charge is 0.489 e. The summed E-state index contributed by atoms with van der Waals surface area (Å²) in [6.45, 7) is 2.50. The predicted molar refractivity (Wildman–Crippen MR) is 123 cm³/mol. The van der Waals surface area contributed by atoms with E-state index in [1.54, 1.807) is 12.1 Å². The molecule has 3 rings (SSSR count). The van der Waals surface area contributed by atoms with E-state index in [1.807, 2.05) is 72.8 Å². The number of ether oxygens (including phenoxy) is 1. The number of rotatable bonds is 7. The molecule has 150 valence electrons. The molecule has 0 heterocycles. The number of halogens is 1. The highest BCUT2D eigenvalue weighted by Gasteiger charge is 2.10. The van der Waals surface area contributed by atoms with E-state index in [2.05, 4.69) is 28.2 Å². The number of nitrogens with zero attached hydrogens (tertiary/aromatic N) is 1. The zero-order chi connectivity index (χ0) is 21.3. The molecule has 0 aliphatic heterocycles. The maximum Gasteiger partial charge on any atom is 0.266 e. The van der Waals surface area contributed by atoms with E-state index in [0.717, 1.165) is 22.0 Å². The van der Waals surface area contributed by atoms with Crippen LogP contribution in [0, 0.1) is 11.3 Å². The van der Waals surface area contributed by atoms with Gasteiger partial charge in [-0.05, 0) is 65.6 Å². The summed E-state index contributed by atoms with van der Waals surface area (Å²) in [6, 6.07) is 24.8. The number of nitrogens with one attached hydrogen (secondary N) is 1. The molecule has 4 nitrogen and oxygen atoms in total. The van der Waals surface area contributed by atoms with Crippen molar-refractivity contribution in [1.82, 2.24) is 0 Å². The maximum absolute atomic E-state index is 12.5. The molecule has 0 atom stereocenters. The van der Waals surface area contributed by atoms with Gasteiger partial charge in [-0.2, -0.15) is 5.26 Å². The van der Waals surface area contributed by atoms with Gasteiger partial charge >= 0.3 is 0 Å². The van der Waals surface area contributed by atoms with Gasteiger partial charge in [0.05, 0.1) is 0 Å². The van der Waals surface area contributed by atoms with Crippen molar-refractivity contribution in [3.8, 4) is 11.8 Å². The van der Waals surface area contributed by atoms with Crippen LogP contribution in [0.15, 0.2) is 82.8 Å². The third-order valence-corrected chi connectivity index (χ3v) is 5.00. The van der Waals surface area contributed by atoms with E-state index >= 15 is 0 Å². The van der Waals surface area contributed by atoms with Crippen molar-refractivity contribution < 1.29 is 9.53 Å². The summed E-state index contributed by atoms with van der Waals surface area (Å²) in [7, 11) is 0. The zero-order valence-corrected chi connectivity index (χ0v) is 18.1. The second-order valence-corrected chi connectivity index (χ2v) is 7.58. The number of aryl methyl sites for hydroxylation is 1. The Kier molecular flexibility index (Phi) is 7.42. The molecule has 0 bridgehead atoms. The van der Waals surface area contributed by atoms with Crippen LogP contribution in [0.4, 0.5) is 5.69 Å². The van der Waals surface area contributed by atoms with Crippen molar-refractivity contribution in [3.63, 3.8) is 0 Å². The first-order valence-corrected chi connectivity index (χ1v) is 10.4. The van der Waals surface area contributed by atoms with Crippen LogP contribution in [0.5, 0.6) is 5.75 Å². The number of carbonyl (C=O) groups excluding carboxylic acids is 1. The quantitative estimate of drug-likeness (QED) is 0.340. The highest BCUT2D eigenvalue weighted by Crippen LogP contribution is 2.19. The average molecular weight is 461 g/mol. The maximum atomic E-state index is 12.5. The van der Waals surface area contributed by atoms with Gasteiger partial charge in [0, 0.05) is 10.2 Å². The molecule has 0 aliphatic rings. The number of nitriles is 1. The Morgan fingerprint density at radius 3 is 2.43 bits per heavy atom. The molecule has 0 aromatic heterocycles. The fraction of sp³-hybridized carbons (Fsp3) is 0.120. The molecule has 0 aliphatic carbocycles. The van der Waals surface area contributed by atoms with E-state index in [9.17, 15) is 10.1 Å². The van der Waals surface area contributed by atoms with E-state index in [1.165, 1.54) is 5.56 Å². The standard InChI is InChI=1S/C25H21BrN2O2/c1-2-18-8-12-23(13-9-18)28-25(29)21(16-27)14-20-4-3-5-24(15-20)30-17-19-6-10-22(26)11-7-19/h3-15H,2,17H2,1H3,(H,28,29)/b21-14-. The highest BCUT2D eigenvalue weighted by molar-refractivity contribution is 9.10. The Labute approximate surface area is 184 Å². The Bertz CT molecular complexity index is 1080. The SMILES string of the molecule is CCc1ccc(NC(=O)/C(C#N)=C\c2cccc(OCc3ccc(Br)cc3)c2)cc1. The minimum absolute atomic E-state index is 0.0274. The first-order chi connectivity index (χ1) is 14.6. The second kappa shape index (κ2) is 10.4. The van der Waals surface area contributed by atoms with E-state index in [-0.39, 0.29) is 5.57 Å². The molecule has 30 heavy (non-hydrogen) atoms. The lowest BCUT2D eigenvalue weighted by molar-refractivity contribution is -0.112. The van der Waals surface area contributed by atoms with Crippen LogP contribution in [0.2, 0.25) is 0 Å². The lowest BCUT2D eigenvalue weighted by Gasteiger charge is -2.08. The van der Waals surface area contributed by atoms with Crippen LogP contribution in [0.3, 0.4) is 0 Å². The van der Waals surface area contributed by atoms with E-state index < -0.39 is 5.91 Å². The highest BCUT2D eigenvalue weighted by atomic mass is 79.9. The Balaban J connectivity index is 1.68. The lowest BCUT2D eigenvalue weighted by Crippen LogP contribution is -2.13. The molecule has 0 saturated carbocycles. The number of carbonyl (C=O) groups is 1. The van der Waals surface area contributed by atoms with Crippen molar-refractivity contribution in [2.24, 2.45) is 0 Å². The minimum atomic E-state index is -0.442. The molecular weight excluding hydrogens is 440 g/mol. The summed E-state index contributed by atoms with van der Waals surface area (Å²) in [4.78, 5) is 12.5. The third kappa shape index (κ3) is 6.07. The molecule has 1 N–H and O–H groups in total. The Morgan fingerprint density at radius 1 is 1.07 bits per heavy atom. The molecule has 0 saturated heterocycles. The molecule has 0 spiro atoms. The summed E-state index contributed by atoms with van der Waals surface area (Å²) in [5.41, 5.74) is 3.63. The Morgan fingerprint density at radius 2 is 1.77 bits per heavy atom. The van der Waals surface area contributed by atoms with Crippen LogP contribution in [0.1, 0.15) is 23.6 Å². The Hall–Kier alpha value is -3.36. The normalized spacial score (nSPS) is 10.9. The molecule has 0 fully saturated rings. The fourth-order valence-electron chi connectivity index (χ4n) is 2.78. The van der Waals surface area contributed by atoms with Crippen LogP contribution >= 0.6 is 15.9 Å². The molecule has 5 heteroatoms. The first kappa shape index (κ1) is 21.4. The van der Waals surface area contributed by atoms with Crippen LogP contribution in [0.25, 0.3) is 6.08 Å². The molecule has 3 aromatic rings. The van der Waals surface area contributed by atoms with Crippen LogP contribution < -0.4 is 10.1 Å². The van der Waals surface area contributed by atoms with Gasteiger partial charge in [0.1, 0.15) is 24.0 Å². The van der Waals surface area contributed by atoms with Gasteiger partial charge in [0.2, 0.25) is 0 Å². The summed E-state index contributed by atoms with van der Waals surface area (Å²) in [6.07, 6.45) is 2.49. The van der Waals surface area contributed by atoms with Gasteiger partial charge in [-0.3, -0.25) is 4.79 Å². The predicted octanol–water partition coefficient (Wildman–Crippen LogP) is 6.14. The van der Waals surface area contributed by atoms with Gasteiger partial charge < -0.3 is 10.1 Å². The minimum Gasteiger partial charge on any atom is -0.489 e.